The lowest BCUT2D eigenvalue weighted by molar-refractivity contribution is -0.144. The molecule has 0 aliphatic rings. The van der Waals surface area contributed by atoms with Crippen LogP contribution >= 0.6 is 35.0 Å². The number of thioether (sulfide) groups is 1. The number of amides is 1. The van der Waals surface area contributed by atoms with E-state index in [2.05, 4.69) is 5.32 Å². The summed E-state index contributed by atoms with van der Waals surface area (Å²) < 4.78 is 4.97. The van der Waals surface area contributed by atoms with Crippen LogP contribution < -0.4 is 5.32 Å². The Morgan fingerprint density at radius 3 is 2.36 bits per heavy atom. The normalized spacial score (nSPS) is 10.4. The monoisotopic (exact) mass is 397 g/mol. The summed E-state index contributed by atoms with van der Waals surface area (Å²) in [5, 5.41) is 3.39. The van der Waals surface area contributed by atoms with E-state index < -0.39 is 11.9 Å². The highest BCUT2D eigenvalue weighted by Gasteiger charge is 2.10. The summed E-state index contributed by atoms with van der Waals surface area (Å²) in [4.78, 5) is 24.6. The lowest BCUT2D eigenvalue weighted by Gasteiger charge is -2.08. The second-order valence-electron chi connectivity index (χ2n) is 5.40. The number of carbonyl (C=O) groups is 2. The van der Waals surface area contributed by atoms with E-state index in [0.29, 0.717) is 15.7 Å². The fourth-order valence-electron chi connectivity index (χ4n) is 1.96. The van der Waals surface area contributed by atoms with Crippen LogP contribution in [0.15, 0.2) is 41.3 Å². The maximum Gasteiger partial charge on any atom is 0.316 e. The predicted octanol–water partition coefficient (Wildman–Crippen LogP) is 4.88. The number of aryl methyl sites for hydroxylation is 2. The summed E-state index contributed by atoms with van der Waals surface area (Å²) in [6.07, 6.45) is 0. The van der Waals surface area contributed by atoms with Gasteiger partial charge in [-0.25, -0.2) is 0 Å². The van der Waals surface area contributed by atoms with Gasteiger partial charge < -0.3 is 10.1 Å². The maximum absolute atomic E-state index is 11.8. The molecule has 1 N–H and O–H groups in total. The molecule has 7 heteroatoms. The molecule has 0 aromatic heterocycles. The molecule has 4 nitrogen and oxygen atoms in total. The third-order valence-corrected chi connectivity index (χ3v) is 4.75. The summed E-state index contributed by atoms with van der Waals surface area (Å²) in [5.74, 6) is -0.774. The van der Waals surface area contributed by atoms with Crippen LogP contribution in [-0.2, 0) is 14.3 Å². The third-order valence-electron chi connectivity index (χ3n) is 3.35. The highest BCUT2D eigenvalue weighted by Crippen LogP contribution is 2.23. The van der Waals surface area contributed by atoms with Gasteiger partial charge in [0.1, 0.15) is 0 Å². The van der Waals surface area contributed by atoms with Gasteiger partial charge in [0.05, 0.1) is 5.75 Å². The first kappa shape index (κ1) is 19.6. The average Bonchev–Trinajstić information content (AvgIpc) is 2.53. The zero-order valence-electron chi connectivity index (χ0n) is 13.8. The van der Waals surface area contributed by atoms with Crippen molar-refractivity contribution >= 4 is 52.5 Å². The van der Waals surface area contributed by atoms with Crippen molar-refractivity contribution in [2.75, 3.05) is 17.7 Å². The number of ether oxygens (including phenoxy) is 1. The minimum atomic E-state index is -0.456. The van der Waals surface area contributed by atoms with Gasteiger partial charge in [0.25, 0.3) is 5.91 Å². The van der Waals surface area contributed by atoms with E-state index in [1.54, 1.807) is 18.2 Å². The van der Waals surface area contributed by atoms with Crippen LogP contribution in [0.5, 0.6) is 0 Å². The Bertz CT molecular complexity index is 776. The third kappa shape index (κ3) is 6.61. The summed E-state index contributed by atoms with van der Waals surface area (Å²) in [5.41, 5.74) is 2.81. The molecule has 0 fully saturated rings. The number of nitrogens with one attached hydrogen (secondary N) is 1. The van der Waals surface area contributed by atoms with Gasteiger partial charge in [-0.15, -0.1) is 11.8 Å². The molecule has 0 radical (unpaired) electrons. The van der Waals surface area contributed by atoms with Crippen molar-refractivity contribution in [1.82, 2.24) is 0 Å². The van der Waals surface area contributed by atoms with Gasteiger partial charge in [-0.05, 0) is 55.3 Å². The second-order valence-corrected chi connectivity index (χ2v) is 7.32. The summed E-state index contributed by atoms with van der Waals surface area (Å²) >= 11 is 13.1. The molecule has 0 saturated carbocycles. The van der Waals surface area contributed by atoms with Crippen LogP contribution in [0.2, 0.25) is 10.0 Å². The number of anilines is 1. The number of halogens is 2. The van der Waals surface area contributed by atoms with E-state index in [1.807, 2.05) is 32.0 Å². The van der Waals surface area contributed by atoms with E-state index in [-0.39, 0.29) is 12.4 Å². The Hall–Kier alpha value is -1.69. The van der Waals surface area contributed by atoms with Gasteiger partial charge in [0.15, 0.2) is 6.61 Å². The van der Waals surface area contributed by atoms with Gasteiger partial charge in [0.2, 0.25) is 0 Å². The zero-order valence-corrected chi connectivity index (χ0v) is 16.1. The highest BCUT2D eigenvalue weighted by atomic mass is 35.5. The Morgan fingerprint density at radius 1 is 1.04 bits per heavy atom. The topological polar surface area (TPSA) is 55.4 Å². The molecule has 0 saturated heterocycles. The van der Waals surface area contributed by atoms with Gasteiger partial charge in [-0.2, -0.15) is 0 Å². The van der Waals surface area contributed by atoms with E-state index in [4.69, 9.17) is 27.9 Å². The molecule has 0 atom stereocenters. The van der Waals surface area contributed by atoms with Crippen LogP contribution in [0.25, 0.3) is 0 Å². The lowest BCUT2D eigenvalue weighted by Crippen LogP contribution is -2.21. The van der Waals surface area contributed by atoms with Gasteiger partial charge >= 0.3 is 5.97 Å². The van der Waals surface area contributed by atoms with Crippen molar-refractivity contribution in [3.05, 3.63) is 57.6 Å². The quantitative estimate of drug-likeness (QED) is 0.557. The smallest absolute Gasteiger partial charge is 0.316 e. The minimum Gasteiger partial charge on any atom is -0.455 e. The van der Waals surface area contributed by atoms with Crippen LogP contribution in [0, 0.1) is 13.8 Å². The minimum absolute atomic E-state index is 0.138. The molecule has 0 unspecified atom stereocenters. The first-order valence-electron chi connectivity index (χ1n) is 7.45. The molecule has 0 bridgehead atoms. The number of rotatable bonds is 6. The Kier molecular flexibility index (Phi) is 7.17. The molecular weight excluding hydrogens is 381 g/mol. The number of carbonyl (C=O) groups excluding carboxylic acids is 2. The molecule has 0 heterocycles. The first-order valence-corrected chi connectivity index (χ1v) is 9.19. The summed E-state index contributed by atoms with van der Waals surface area (Å²) in [6.45, 7) is 3.68. The average molecular weight is 398 g/mol. The van der Waals surface area contributed by atoms with E-state index >= 15 is 0 Å². The predicted molar refractivity (Wildman–Crippen MR) is 103 cm³/mol. The number of hydrogen-bond acceptors (Lipinski definition) is 4. The molecule has 25 heavy (non-hydrogen) atoms. The van der Waals surface area contributed by atoms with Crippen molar-refractivity contribution in [1.29, 1.82) is 0 Å². The van der Waals surface area contributed by atoms with Gasteiger partial charge in [-0.3, -0.25) is 9.59 Å². The molecule has 0 spiro atoms. The molecule has 2 aromatic rings. The molecule has 132 valence electrons. The summed E-state index contributed by atoms with van der Waals surface area (Å²) in [7, 11) is 0. The van der Waals surface area contributed by atoms with Crippen molar-refractivity contribution in [3.63, 3.8) is 0 Å². The highest BCUT2D eigenvalue weighted by molar-refractivity contribution is 8.00. The SMILES string of the molecule is Cc1ccc(SCC(=O)OCC(=O)Nc2cc(Cl)cc(Cl)c2)cc1C. The molecule has 0 aliphatic carbocycles. The van der Waals surface area contributed by atoms with Gasteiger partial charge in [0, 0.05) is 20.6 Å². The fourth-order valence-corrected chi connectivity index (χ4v) is 3.28. The van der Waals surface area contributed by atoms with Crippen LogP contribution in [0.4, 0.5) is 5.69 Å². The van der Waals surface area contributed by atoms with Gasteiger partial charge in [-0.1, -0.05) is 29.3 Å². The maximum atomic E-state index is 11.8. The summed E-state index contributed by atoms with van der Waals surface area (Å²) in [6, 6.07) is 10.7. The Balaban J connectivity index is 1.77. The van der Waals surface area contributed by atoms with Crippen molar-refractivity contribution in [2.45, 2.75) is 18.7 Å². The van der Waals surface area contributed by atoms with Crippen molar-refractivity contribution in [2.24, 2.45) is 0 Å². The molecular formula is C18H17Cl2NO3S. The molecule has 2 rings (SSSR count). The Labute approximate surface area is 160 Å². The number of hydrogen-bond donors (Lipinski definition) is 1. The largest absolute Gasteiger partial charge is 0.455 e. The molecule has 1 amide bonds. The van der Waals surface area contributed by atoms with E-state index in [9.17, 15) is 9.59 Å². The fraction of sp³-hybridized carbons (Fsp3) is 0.222. The van der Waals surface area contributed by atoms with Crippen LogP contribution in [0.3, 0.4) is 0 Å². The molecule has 0 aliphatic heterocycles. The standard InChI is InChI=1S/C18H17Cl2NO3S/c1-11-3-4-16(5-12(11)2)25-10-18(23)24-9-17(22)21-15-7-13(19)6-14(20)8-15/h3-8H,9-10H2,1-2H3,(H,21,22). The van der Waals surface area contributed by atoms with E-state index in [0.717, 1.165) is 10.5 Å². The van der Waals surface area contributed by atoms with Crippen LogP contribution in [-0.4, -0.2) is 24.2 Å². The number of esters is 1. The van der Waals surface area contributed by atoms with Crippen LogP contribution in [0.1, 0.15) is 11.1 Å². The van der Waals surface area contributed by atoms with Crippen molar-refractivity contribution in [3.8, 4) is 0 Å². The lowest BCUT2D eigenvalue weighted by atomic mass is 10.1. The first-order chi connectivity index (χ1) is 11.8. The Morgan fingerprint density at radius 2 is 1.72 bits per heavy atom. The number of benzene rings is 2. The molecule has 2 aromatic carbocycles. The second kappa shape index (κ2) is 9.13. The van der Waals surface area contributed by atoms with E-state index in [1.165, 1.54) is 17.3 Å². The zero-order chi connectivity index (χ0) is 18.4. The van der Waals surface area contributed by atoms with Crippen molar-refractivity contribution < 1.29 is 14.3 Å².